The summed E-state index contributed by atoms with van der Waals surface area (Å²) in [5.41, 5.74) is 2.82. The Kier molecular flexibility index (Phi) is 6.30. The van der Waals surface area contributed by atoms with Crippen LogP contribution in [0.5, 0.6) is 5.75 Å². The molecule has 3 aromatic rings. The van der Waals surface area contributed by atoms with Crippen molar-refractivity contribution in [3.8, 4) is 11.4 Å². The number of carbonyl (C=O) groups is 1. The zero-order valence-corrected chi connectivity index (χ0v) is 17.1. The summed E-state index contributed by atoms with van der Waals surface area (Å²) in [6.07, 6.45) is 0. The molecule has 1 amide bonds. The maximum Gasteiger partial charge on any atom is 0.237 e. The standard InChI is InChI=1S/C20H23N5O2S/c1-13(2)15-5-9-17(10-6-15)25-20(22-23-24-25)28-14(3)19(26)21-16-7-11-18(27-4)12-8-16/h5-14H,1-4H3,(H,21,26)/t14-/m1/s1. The van der Waals surface area contributed by atoms with Gasteiger partial charge >= 0.3 is 0 Å². The Hall–Kier alpha value is -2.87. The van der Waals surface area contributed by atoms with Crippen LogP contribution in [-0.4, -0.2) is 38.5 Å². The molecule has 3 rings (SSSR count). The smallest absolute Gasteiger partial charge is 0.237 e. The maximum absolute atomic E-state index is 12.5. The van der Waals surface area contributed by atoms with Gasteiger partial charge in [0.25, 0.3) is 0 Å². The van der Waals surface area contributed by atoms with E-state index in [-0.39, 0.29) is 11.2 Å². The second-order valence-corrected chi connectivity index (χ2v) is 7.91. The Bertz CT molecular complexity index is 923. The summed E-state index contributed by atoms with van der Waals surface area (Å²) in [6.45, 7) is 6.12. The Labute approximate surface area is 168 Å². The largest absolute Gasteiger partial charge is 0.497 e. The van der Waals surface area contributed by atoms with Crippen molar-refractivity contribution in [2.75, 3.05) is 12.4 Å². The number of anilines is 1. The molecule has 0 aliphatic rings. The topological polar surface area (TPSA) is 81.9 Å². The van der Waals surface area contributed by atoms with Gasteiger partial charge in [-0.3, -0.25) is 4.79 Å². The lowest BCUT2D eigenvalue weighted by Gasteiger charge is -2.12. The Morgan fingerprint density at radius 3 is 2.36 bits per heavy atom. The average molecular weight is 398 g/mol. The lowest BCUT2D eigenvalue weighted by atomic mass is 10.0. The lowest BCUT2D eigenvalue weighted by Crippen LogP contribution is -2.22. The van der Waals surface area contributed by atoms with Crippen LogP contribution in [-0.2, 0) is 4.79 Å². The van der Waals surface area contributed by atoms with Gasteiger partial charge in [-0.15, -0.1) is 5.10 Å². The van der Waals surface area contributed by atoms with Gasteiger partial charge in [-0.1, -0.05) is 37.7 Å². The van der Waals surface area contributed by atoms with Gasteiger partial charge in [0.1, 0.15) is 5.75 Å². The predicted octanol–water partition coefficient (Wildman–Crippen LogP) is 3.91. The molecule has 146 valence electrons. The summed E-state index contributed by atoms with van der Waals surface area (Å²) in [7, 11) is 1.60. The van der Waals surface area contributed by atoms with Gasteiger partial charge in [-0.2, -0.15) is 4.68 Å². The van der Waals surface area contributed by atoms with Gasteiger partial charge in [0.05, 0.1) is 18.0 Å². The highest BCUT2D eigenvalue weighted by Crippen LogP contribution is 2.25. The zero-order valence-electron chi connectivity index (χ0n) is 16.3. The Morgan fingerprint density at radius 2 is 1.75 bits per heavy atom. The third-order valence-electron chi connectivity index (χ3n) is 4.25. The number of thioether (sulfide) groups is 1. The number of tetrazole rings is 1. The van der Waals surface area contributed by atoms with Crippen LogP contribution in [0, 0.1) is 0 Å². The number of aromatic nitrogens is 4. The van der Waals surface area contributed by atoms with Crippen molar-refractivity contribution in [3.63, 3.8) is 0 Å². The van der Waals surface area contributed by atoms with Gasteiger partial charge in [0.15, 0.2) is 0 Å². The molecular formula is C20H23N5O2S. The van der Waals surface area contributed by atoms with Gasteiger partial charge in [-0.25, -0.2) is 0 Å². The Morgan fingerprint density at radius 1 is 1.07 bits per heavy atom. The molecule has 0 saturated carbocycles. The van der Waals surface area contributed by atoms with E-state index in [1.165, 1.54) is 17.3 Å². The molecule has 1 N–H and O–H groups in total. The first-order valence-corrected chi connectivity index (χ1v) is 9.86. The van der Waals surface area contributed by atoms with Crippen molar-refractivity contribution in [3.05, 3.63) is 54.1 Å². The molecule has 1 atom stereocenters. The number of rotatable bonds is 7. The minimum atomic E-state index is -0.373. The van der Waals surface area contributed by atoms with Crippen LogP contribution < -0.4 is 10.1 Å². The first-order chi connectivity index (χ1) is 13.5. The number of carbonyl (C=O) groups excluding carboxylic acids is 1. The number of nitrogens with one attached hydrogen (secondary N) is 1. The molecule has 1 heterocycles. The minimum Gasteiger partial charge on any atom is -0.497 e. The van der Waals surface area contributed by atoms with Gasteiger partial charge in [0, 0.05) is 5.69 Å². The van der Waals surface area contributed by atoms with E-state index in [0.717, 1.165) is 11.4 Å². The number of methoxy groups -OCH3 is 1. The van der Waals surface area contributed by atoms with Crippen molar-refractivity contribution in [2.45, 2.75) is 37.1 Å². The van der Waals surface area contributed by atoms with E-state index >= 15 is 0 Å². The van der Waals surface area contributed by atoms with E-state index in [0.29, 0.717) is 16.8 Å². The van der Waals surface area contributed by atoms with Crippen molar-refractivity contribution in [1.82, 2.24) is 20.2 Å². The molecule has 0 fully saturated rings. The molecule has 0 aliphatic heterocycles. The quantitative estimate of drug-likeness (QED) is 0.609. The number of benzene rings is 2. The highest BCUT2D eigenvalue weighted by molar-refractivity contribution is 8.00. The fourth-order valence-corrected chi connectivity index (χ4v) is 3.35. The Balaban J connectivity index is 1.68. The van der Waals surface area contributed by atoms with Crippen LogP contribution in [0.2, 0.25) is 0 Å². The fraction of sp³-hybridized carbons (Fsp3) is 0.300. The summed E-state index contributed by atoms with van der Waals surface area (Å²) in [4.78, 5) is 12.5. The third kappa shape index (κ3) is 4.69. The highest BCUT2D eigenvalue weighted by atomic mass is 32.2. The SMILES string of the molecule is COc1ccc(NC(=O)[C@@H](C)Sc2nnnn2-c2ccc(C(C)C)cc2)cc1. The predicted molar refractivity (Wildman–Crippen MR) is 110 cm³/mol. The molecule has 1 aromatic heterocycles. The summed E-state index contributed by atoms with van der Waals surface area (Å²) in [5.74, 6) is 1.07. The zero-order chi connectivity index (χ0) is 20.1. The minimum absolute atomic E-state index is 0.125. The van der Waals surface area contributed by atoms with E-state index < -0.39 is 0 Å². The lowest BCUT2D eigenvalue weighted by molar-refractivity contribution is -0.115. The summed E-state index contributed by atoms with van der Waals surface area (Å²) in [5, 5.41) is 15.0. The molecule has 2 aromatic carbocycles. The van der Waals surface area contributed by atoms with E-state index in [2.05, 4.69) is 46.8 Å². The monoisotopic (exact) mass is 397 g/mol. The number of hydrogen-bond donors (Lipinski definition) is 1. The van der Waals surface area contributed by atoms with Crippen molar-refractivity contribution in [2.24, 2.45) is 0 Å². The maximum atomic E-state index is 12.5. The summed E-state index contributed by atoms with van der Waals surface area (Å²) in [6, 6.07) is 15.3. The average Bonchev–Trinajstić information content (AvgIpc) is 3.16. The van der Waals surface area contributed by atoms with E-state index in [1.807, 2.05) is 19.1 Å². The van der Waals surface area contributed by atoms with Crippen LogP contribution >= 0.6 is 11.8 Å². The molecule has 0 unspecified atom stereocenters. The molecule has 0 saturated heterocycles. The van der Waals surface area contributed by atoms with E-state index in [1.54, 1.807) is 36.1 Å². The van der Waals surface area contributed by atoms with Crippen LogP contribution in [0.1, 0.15) is 32.3 Å². The number of nitrogens with zero attached hydrogens (tertiary/aromatic N) is 4. The summed E-state index contributed by atoms with van der Waals surface area (Å²) >= 11 is 1.31. The summed E-state index contributed by atoms with van der Waals surface area (Å²) < 4.78 is 6.77. The molecule has 28 heavy (non-hydrogen) atoms. The molecule has 0 spiro atoms. The first kappa shape index (κ1) is 19.9. The van der Waals surface area contributed by atoms with Gasteiger partial charge in [-0.05, 0) is 65.2 Å². The third-order valence-corrected chi connectivity index (χ3v) is 5.29. The van der Waals surface area contributed by atoms with Crippen molar-refractivity contribution in [1.29, 1.82) is 0 Å². The normalized spacial score (nSPS) is 12.0. The molecule has 0 radical (unpaired) electrons. The van der Waals surface area contributed by atoms with E-state index in [4.69, 9.17) is 4.74 Å². The number of amides is 1. The van der Waals surface area contributed by atoms with Gasteiger partial charge < -0.3 is 10.1 Å². The number of hydrogen-bond acceptors (Lipinski definition) is 6. The molecular weight excluding hydrogens is 374 g/mol. The van der Waals surface area contributed by atoms with Crippen LogP contribution in [0.15, 0.2) is 53.7 Å². The molecule has 0 bridgehead atoms. The van der Waals surface area contributed by atoms with Crippen molar-refractivity contribution >= 4 is 23.4 Å². The van der Waals surface area contributed by atoms with Crippen LogP contribution in [0.25, 0.3) is 5.69 Å². The van der Waals surface area contributed by atoms with Gasteiger partial charge in [0.2, 0.25) is 11.1 Å². The molecule has 0 aliphatic carbocycles. The fourth-order valence-electron chi connectivity index (χ4n) is 2.54. The second kappa shape index (κ2) is 8.88. The highest BCUT2D eigenvalue weighted by Gasteiger charge is 2.19. The van der Waals surface area contributed by atoms with Crippen LogP contribution in [0.3, 0.4) is 0 Å². The molecule has 8 heteroatoms. The van der Waals surface area contributed by atoms with Crippen LogP contribution in [0.4, 0.5) is 5.69 Å². The van der Waals surface area contributed by atoms with E-state index in [9.17, 15) is 4.79 Å². The number of ether oxygens (including phenoxy) is 1. The molecule has 7 nitrogen and oxygen atoms in total. The first-order valence-electron chi connectivity index (χ1n) is 8.98. The second-order valence-electron chi connectivity index (χ2n) is 6.60. The van der Waals surface area contributed by atoms with Crippen molar-refractivity contribution < 1.29 is 9.53 Å².